The Kier molecular flexibility index (Phi) is 3.01. The van der Waals surface area contributed by atoms with Gasteiger partial charge >= 0.3 is 0 Å². The lowest BCUT2D eigenvalue weighted by Crippen LogP contribution is -1.99. The van der Waals surface area contributed by atoms with E-state index >= 15 is 0 Å². The average Bonchev–Trinajstić information content (AvgIpc) is 2.17. The molecule has 0 radical (unpaired) electrons. The highest BCUT2D eigenvalue weighted by Crippen LogP contribution is 2.25. The molecule has 0 aliphatic carbocycles. The first kappa shape index (κ1) is 9.13. The predicted octanol–water partition coefficient (Wildman–Crippen LogP) is 2.45. The molecule has 1 rings (SSSR count). The summed E-state index contributed by atoms with van der Waals surface area (Å²) in [5.74, 6) is 0. The molecule has 0 atom stereocenters. The number of hydrogen-bond acceptors (Lipinski definition) is 2. The molecule has 11 heavy (non-hydrogen) atoms. The fraction of sp³-hybridized carbons (Fsp3) is 0.400. The minimum atomic E-state index is 0.189. The van der Waals surface area contributed by atoms with Crippen LogP contribution in [0.4, 0.5) is 0 Å². The Bertz CT molecular complexity index is 260. The normalized spacial score (nSPS) is 10.5. The number of halogens is 3. The molecule has 0 fully saturated rings. The zero-order valence-electron chi connectivity index (χ0n) is 5.64. The molecule has 0 bridgehead atoms. The quantitative estimate of drug-likeness (QED) is 0.758. The molecule has 1 heterocycles. The van der Waals surface area contributed by atoms with Crippen molar-refractivity contribution in [3.63, 3.8) is 0 Å². The van der Waals surface area contributed by atoms with Gasteiger partial charge in [0.25, 0.3) is 0 Å². The fourth-order valence-electron chi connectivity index (χ4n) is 0.619. The first-order valence-corrected chi connectivity index (χ1v) is 3.86. The zero-order chi connectivity index (χ0) is 8.43. The number of ether oxygens (including phenoxy) is 1. The number of methoxy groups -OCH3 is 1. The number of aromatic nitrogens is 2. The molecule has 62 valence electrons. The van der Waals surface area contributed by atoms with Crippen LogP contribution in [0.3, 0.4) is 0 Å². The standard InChI is InChI=1S/C5H5Cl3N2O/c1-11-2-10-4(7)3(6)9-5(10)8/h2H2,1H3. The van der Waals surface area contributed by atoms with Crippen LogP contribution in [0.5, 0.6) is 0 Å². The Morgan fingerprint density at radius 2 is 2.09 bits per heavy atom. The van der Waals surface area contributed by atoms with E-state index in [1.807, 2.05) is 0 Å². The van der Waals surface area contributed by atoms with Crippen LogP contribution in [0.2, 0.25) is 15.6 Å². The second kappa shape index (κ2) is 3.63. The number of rotatable bonds is 2. The van der Waals surface area contributed by atoms with E-state index < -0.39 is 0 Å². The van der Waals surface area contributed by atoms with E-state index in [0.29, 0.717) is 5.15 Å². The van der Waals surface area contributed by atoms with Crippen molar-refractivity contribution in [3.8, 4) is 0 Å². The van der Waals surface area contributed by atoms with Crippen LogP contribution < -0.4 is 0 Å². The molecule has 0 aliphatic heterocycles. The molecule has 1 aromatic rings. The highest BCUT2D eigenvalue weighted by Gasteiger charge is 2.10. The van der Waals surface area contributed by atoms with Crippen molar-refractivity contribution < 1.29 is 4.74 Å². The molecule has 0 unspecified atom stereocenters. The van der Waals surface area contributed by atoms with Crippen molar-refractivity contribution in [2.75, 3.05) is 7.11 Å². The minimum absolute atomic E-state index is 0.189. The van der Waals surface area contributed by atoms with Gasteiger partial charge in [0, 0.05) is 7.11 Å². The second-order valence-electron chi connectivity index (χ2n) is 1.81. The third-order valence-electron chi connectivity index (χ3n) is 1.08. The Labute approximate surface area is 78.8 Å². The molecular weight excluding hydrogens is 210 g/mol. The van der Waals surface area contributed by atoms with E-state index in [4.69, 9.17) is 39.5 Å². The molecule has 0 saturated heterocycles. The summed E-state index contributed by atoms with van der Waals surface area (Å²) in [4.78, 5) is 3.71. The van der Waals surface area contributed by atoms with Gasteiger partial charge in [0.05, 0.1) is 0 Å². The van der Waals surface area contributed by atoms with Crippen LogP contribution >= 0.6 is 34.8 Å². The average molecular weight is 215 g/mol. The molecule has 0 amide bonds. The highest BCUT2D eigenvalue weighted by atomic mass is 35.5. The lowest BCUT2D eigenvalue weighted by Gasteiger charge is -2.01. The maximum absolute atomic E-state index is 5.70. The monoisotopic (exact) mass is 214 g/mol. The van der Waals surface area contributed by atoms with Gasteiger partial charge in [-0.05, 0) is 11.6 Å². The van der Waals surface area contributed by atoms with Crippen LogP contribution in [-0.4, -0.2) is 16.7 Å². The van der Waals surface area contributed by atoms with E-state index in [-0.39, 0.29) is 17.2 Å². The summed E-state index contributed by atoms with van der Waals surface area (Å²) in [5, 5.41) is 0.703. The number of imidazole rings is 1. The van der Waals surface area contributed by atoms with E-state index in [9.17, 15) is 0 Å². The van der Waals surface area contributed by atoms with Gasteiger partial charge in [-0.25, -0.2) is 4.98 Å². The van der Waals surface area contributed by atoms with Gasteiger partial charge in [-0.2, -0.15) is 0 Å². The van der Waals surface area contributed by atoms with Gasteiger partial charge in [-0.1, -0.05) is 23.2 Å². The van der Waals surface area contributed by atoms with Gasteiger partial charge in [0.15, 0.2) is 10.3 Å². The summed E-state index contributed by atoms with van der Waals surface area (Å²) in [6, 6.07) is 0. The summed E-state index contributed by atoms with van der Waals surface area (Å²) in [6.07, 6.45) is 0. The molecule has 6 heteroatoms. The summed E-state index contributed by atoms with van der Waals surface area (Å²) < 4.78 is 6.25. The molecule has 0 aliphatic rings. The molecule has 0 spiro atoms. The maximum Gasteiger partial charge on any atom is 0.207 e. The number of nitrogens with zero attached hydrogens (tertiary/aromatic N) is 2. The molecule has 0 aromatic carbocycles. The van der Waals surface area contributed by atoms with Gasteiger partial charge in [0.2, 0.25) is 5.28 Å². The van der Waals surface area contributed by atoms with E-state index in [0.717, 1.165) is 0 Å². The van der Waals surface area contributed by atoms with Crippen molar-refractivity contribution in [3.05, 3.63) is 15.6 Å². The van der Waals surface area contributed by atoms with Crippen LogP contribution in [0.25, 0.3) is 0 Å². The largest absolute Gasteiger partial charge is 0.364 e. The third-order valence-corrected chi connectivity index (χ3v) is 2.11. The van der Waals surface area contributed by atoms with Crippen molar-refractivity contribution in [1.82, 2.24) is 9.55 Å². The smallest absolute Gasteiger partial charge is 0.207 e. The lowest BCUT2D eigenvalue weighted by molar-refractivity contribution is 0.131. The minimum Gasteiger partial charge on any atom is -0.364 e. The van der Waals surface area contributed by atoms with Crippen LogP contribution in [0, 0.1) is 0 Å². The zero-order valence-corrected chi connectivity index (χ0v) is 7.91. The molecular formula is C5H5Cl3N2O. The molecule has 1 aromatic heterocycles. The van der Waals surface area contributed by atoms with Crippen molar-refractivity contribution in [2.45, 2.75) is 6.73 Å². The summed E-state index contributed by atoms with van der Waals surface area (Å²) in [5.41, 5.74) is 0. The maximum atomic E-state index is 5.70. The van der Waals surface area contributed by atoms with Crippen molar-refractivity contribution >= 4 is 34.8 Å². The van der Waals surface area contributed by atoms with Gasteiger partial charge < -0.3 is 4.74 Å². The van der Waals surface area contributed by atoms with Crippen LogP contribution in [0.1, 0.15) is 0 Å². The Balaban J connectivity index is 3.02. The van der Waals surface area contributed by atoms with Crippen LogP contribution in [-0.2, 0) is 11.5 Å². The number of hydrogen-bond donors (Lipinski definition) is 0. The summed E-state index contributed by atoms with van der Waals surface area (Å²) in [6.45, 7) is 0.247. The van der Waals surface area contributed by atoms with Gasteiger partial charge in [-0.3, -0.25) is 4.57 Å². The lowest BCUT2D eigenvalue weighted by atomic mass is 10.9. The Morgan fingerprint density at radius 1 is 1.45 bits per heavy atom. The van der Waals surface area contributed by atoms with Gasteiger partial charge in [-0.15, -0.1) is 0 Å². The highest BCUT2D eigenvalue weighted by molar-refractivity contribution is 6.41. The summed E-state index contributed by atoms with van der Waals surface area (Å²) >= 11 is 16.9. The Hall–Kier alpha value is 0.0400. The molecule has 3 nitrogen and oxygen atoms in total. The van der Waals surface area contributed by atoms with E-state index in [1.165, 1.54) is 11.7 Å². The van der Waals surface area contributed by atoms with Gasteiger partial charge in [0.1, 0.15) is 6.73 Å². The molecule has 0 saturated carbocycles. The third kappa shape index (κ3) is 1.79. The SMILES string of the molecule is COCn1c(Cl)nc(Cl)c1Cl. The van der Waals surface area contributed by atoms with Crippen molar-refractivity contribution in [1.29, 1.82) is 0 Å². The Morgan fingerprint density at radius 3 is 2.45 bits per heavy atom. The molecule has 0 N–H and O–H groups in total. The van der Waals surface area contributed by atoms with E-state index in [1.54, 1.807) is 0 Å². The second-order valence-corrected chi connectivity index (χ2v) is 2.86. The van der Waals surface area contributed by atoms with Crippen molar-refractivity contribution in [2.24, 2.45) is 0 Å². The first-order chi connectivity index (χ1) is 5.16. The summed E-state index contributed by atoms with van der Waals surface area (Å²) in [7, 11) is 1.53. The first-order valence-electron chi connectivity index (χ1n) is 2.72. The predicted molar refractivity (Wildman–Crippen MR) is 44.3 cm³/mol. The fourth-order valence-corrected chi connectivity index (χ4v) is 1.28. The topological polar surface area (TPSA) is 27.1 Å². The van der Waals surface area contributed by atoms with E-state index in [2.05, 4.69) is 4.98 Å². The van der Waals surface area contributed by atoms with Crippen LogP contribution in [0.15, 0.2) is 0 Å².